The van der Waals surface area contributed by atoms with Crippen LogP contribution in [0.4, 0.5) is 0 Å². The molecule has 1 aliphatic heterocycles. The van der Waals surface area contributed by atoms with E-state index in [1.54, 1.807) is 111 Å². The van der Waals surface area contributed by atoms with Gasteiger partial charge in [-0.05, 0) is 67.0 Å². The van der Waals surface area contributed by atoms with Crippen molar-refractivity contribution in [2.45, 2.75) is 101 Å². The molecule has 15 heteroatoms. The van der Waals surface area contributed by atoms with Gasteiger partial charge in [-0.1, -0.05) is 98.8 Å². The second-order valence-electron chi connectivity index (χ2n) is 18.5. The van der Waals surface area contributed by atoms with Crippen molar-refractivity contribution in [3.05, 3.63) is 155 Å². The first kappa shape index (κ1) is 47.0. The molecular formula is C52H53NO14. The van der Waals surface area contributed by atoms with Gasteiger partial charge in [-0.15, -0.1) is 0 Å². The Morgan fingerprint density at radius 3 is 1.81 bits per heavy atom. The van der Waals surface area contributed by atoms with Crippen LogP contribution in [-0.4, -0.2) is 105 Å². The third kappa shape index (κ3) is 8.03. The average molecular weight is 916 g/mol. The lowest BCUT2D eigenvalue weighted by molar-refractivity contribution is -0.345. The highest BCUT2D eigenvalue weighted by molar-refractivity contribution is 5.98. The Morgan fingerprint density at radius 2 is 1.28 bits per heavy atom. The average Bonchev–Trinajstić information content (AvgIpc) is 3.32. The van der Waals surface area contributed by atoms with Gasteiger partial charge < -0.3 is 44.3 Å². The van der Waals surface area contributed by atoms with E-state index in [0.29, 0.717) is 5.56 Å². The number of carbonyl (C=O) groups is 6. The minimum absolute atomic E-state index is 0.0269. The first-order valence-electron chi connectivity index (χ1n) is 22.1. The molecule has 1 saturated heterocycles. The molecule has 2 saturated carbocycles. The van der Waals surface area contributed by atoms with Crippen molar-refractivity contribution in [1.29, 1.82) is 0 Å². The molecule has 4 aliphatic rings. The summed E-state index contributed by atoms with van der Waals surface area (Å²) in [5.41, 5.74) is -7.20. The second-order valence-corrected chi connectivity index (χ2v) is 18.5. The van der Waals surface area contributed by atoms with Crippen LogP contribution in [-0.2, 0) is 38.1 Å². The zero-order valence-corrected chi connectivity index (χ0v) is 37.6. The number of aliphatic hydroxyl groups is 3. The number of Topliss-reactive ketones (excluding diaryl/α,β-unsaturated/α-hetero) is 1. The molecule has 1 heterocycles. The highest BCUT2D eigenvalue weighted by Crippen LogP contribution is 2.64. The summed E-state index contributed by atoms with van der Waals surface area (Å²) in [6.45, 7) is 6.90. The Hall–Kier alpha value is -6.52. The Bertz CT molecular complexity index is 2590. The van der Waals surface area contributed by atoms with Crippen molar-refractivity contribution < 1.29 is 67.8 Å². The van der Waals surface area contributed by atoms with Crippen molar-refractivity contribution in [3.8, 4) is 0 Å². The molecule has 0 aromatic heterocycles. The van der Waals surface area contributed by atoms with Crippen LogP contribution in [0, 0.1) is 16.7 Å². The highest BCUT2D eigenvalue weighted by atomic mass is 16.6. The fourth-order valence-corrected chi connectivity index (χ4v) is 10.8. The van der Waals surface area contributed by atoms with Gasteiger partial charge in [0.2, 0.25) is 0 Å². The molecule has 3 fully saturated rings. The number of nitrogens with one attached hydrogen (secondary N) is 1. The van der Waals surface area contributed by atoms with Crippen LogP contribution in [0.25, 0.3) is 0 Å². The van der Waals surface area contributed by atoms with Crippen LogP contribution >= 0.6 is 0 Å². The smallest absolute Gasteiger partial charge is 0.339 e. The zero-order chi connectivity index (χ0) is 48.1. The number of aliphatic hydroxyl groups excluding tert-OH is 2. The van der Waals surface area contributed by atoms with Gasteiger partial charge in [0.1, 0.15) is 23.9 Å². The van der Waals surface area contributed by atoms with Crippen LogP contribution in [0.15, 0.2) is 132 Å². The van der Waals surface area contributed by atoms with Crippen LogP contribution in [0.5, 0.6) is 0 Å². The zero-order valence-electron chi connectivity index (χ0n) is 37.6. The van der Waals surface area contributed by atoms with Crippen molar-refractivity contribution >= 4 is 35.6 Å². The molecule has 15 nitrogen and oxygen atoms in total. The molecule has 3 aliphatic carbocycles. The molecule has 350 valence electrons. The number of esters is 4. The number of hydrogen-bond donors (Lipinski definition) is 4. The summed E-state index contributed by atoms with van der Waals surface area (Å²) < 4.78 is 30.9. The maximum Gasteiger partial charge on any atom is 0.339 e. The van der Waals surface area contributed by atoms with Crippen LogP contribution in [0.1, 0.15) is 90.1 Å². The first-order chi connectivity index (χ1) is 31.8. The van der Waals surface area contributed by atoms with Gasteiger partial charge in [0.25, 0.3) is 5.91 Å². The van der Waals surface area contributed by atoms with E-state index in [2.05, 4.69) is 5.32 Å². The third-order valence-electron chi connectivity index (χ3n) is 14.4. The Labute approximate surface area is 387 Å². The van der Waals surface area contributed by atoms with E-state index in [1.807, 2.05) is 0 Å². The number of ketones is 1. The quantitative estimate of drug-likeness (QED) is 0.0881. The predicted molar refractivity (Wildman–Crippen MR) is 238 cm³/mol. The van der Waals surface area contributed by atoms with E-state index >= 15 is 4.79 Å². The van der Waals surface area contributed by atoms with Crippen LogP contribution in [0.2, 0.25) is 0 Å². The van der Waals surface area contributed by atoms with Gasteiger partial charge >= 0.3 is 23.9 Å². The van der Waals surface area contributed by atoms with Crippen molar-refractivity contribution in [1.82, 2.24) is 5.32 Å². The second kappa shape index (κ2) is 17.9. The van der Waals surface area contributed by atoms with E-state index in [1.165, 1.54) is 38.1 Å². The Balaban J connectivity index is 1.30. The Morgan fingerprint density at radius 1 is 0.761 bits per heavy atom. The van der Waals surface area contributed by atoms with Gasteiger partial charge in [-0.25, -0.2) is 14.4 Å². The molecule has 11 atom stereocenters. The lowest BCUT2D eigenvalue weighted by atomic mass is 9.44. The molecule has 67 heavy (non-hydrogen) atoms. The van der Waals surface area contributed by atoms with E-state index in [0.717, 1.165) is 6.92 Å². The lowest BCUT2D eigenvalue weighted by Gasteiger charge is -2.67. The highest BCUT2D eigenvalue weighted by Gasteiger charge is 2.78. The predicted octanol–water partition coefficient (Wildman–Crippen LogP) is 5.03. The number of amides is 1. The van der Waals surface area contributed by atoms with Crippen molar-refractivity contribution in [3.63, 3.8) is 0 Å². The molecule has 2 unspecified atom stereocenters. The SMILES string of the molecule is CC(=O)O[C@@]12CO[C@@H]1C[C@H](O)[C@@]1(C)C(=O)[C@H](OC(=O)c3ccccc3)C3=C(C)[C@@H](OC(=O)[C@H](O)[C@@H](NC(=O)c4ccccc4)c4ccccc4)C[C@@](O)(C(OC(=O)c4ccccc4)C12)C3(C)C. The minimum atomic E-state index is -2.43. The van der Waals surface area contributed by atoms with Gasteiger partial charge in [0.15, 0.2) is 23.6 Å². The molecular weight excluding hydrogens is 863 g/mol. The molecule has 4 aromatic rings. The molecule has 4 N–H and O–H groups in total. The number of ether oxygens (including phenoxy) is 5. The molecule has 4 aromatic carbocycles. The largest absolute Gasteiger partial charge is 0.456 e. The van der Waals surface area contributed by atoms with Gasteiger partial charge in [-0.3, -0.25) is 14.4 Å². The lowest BCUT2D eigenvalue weighted by Crippen LogP contribution is -2.82. The number of rotatable bonds is 11. The molecule has 0 radical (unpaired) electrons. The van der Waals surface area contributed by atoms with E-state index in [-0.39, 0.29) is 40.9 Å². The molecule has 0 spiro atoms. The van der Waals surface area contributed by atoms with Gasteiger partial charge in [0, 0.05) is 30.7 Å². The fraction of sp³-hybridized carbons (Fsp3) is 0.385. The molecule has 2 bridgehead atoms. The molecule has 1 amide bonds. The van der Waals surface area contributed by atoms with Crippen LogP contribution in [0.3, 0.4) is 0 Å². The maximum atomic E-state index is 15.9. The van der Waals surface area contributed by atoms with Crippen molar-refractivity contribution in [2.24, 2.45) is 16.7 Å². The van der Waals surface area contributed by atoms with Gasteiger partial charge in [0.05, 0.1) is 41.2 Å². The summed E-state index contributed by atoms with van der Waals surface area (Å²) in [5.74, 6) is -6.98. The van der Waals surface area contributed by atoms with Crippen LogP contribution < -0.4 is 5.32 Å². The first-order valence-corrected chi connectivity index (χ1v) is 22.1. The summed E-state index contributed by atoms with van der Waals surface area (Å²) >= 11 is 0. The minimum Gasteiger partial charge on any atom is -0.456 e. The number of fused-ring (bicyclic) bond motifs is 5. The summed E-state index contributed by atoms with van der Waals surface area (Å²) in [7, 11) is 0. The van der Waals surface area contributed by atoms with E-state index in [9.17, 15) is 39.3 Å². The summed E-state index contributed by atoms with van der Waals surface area (Å²) in [4.78, 5) is 85.7. The summed E-state index contributed by atoms with van der Waals surface area (Å²) in [6, 6.07) is 30.8. The Kier molecular flexibility index (Phi) is 12.6. The van der Waals surface area contributed by atoms with Gasteiger partial charge in [-0.2, -0.15) is 0 Å². The van der Waals surface area contributed by atoms with E-state index < -0.39 is 113 Å². The normalized spacial score (nSPS) is 30.3. The monoisotopic (exact) mass is 915 g/mol. The molecule has 8 rings (SSSR count). The number of benzene rings is 4. The van der Waals surface area contributed by atoms with Crippen molar-refractivity contribution in [2.75, 3.05) is 6.61 Å². The van der Waals surface area contributed by atoms with E-state index in [4.69, 9.17) is 23.7 Å². The number of carbonyl (C=O) groups excluding carboxylic acids is 6. The summed E-state index contributed by atoms with van der Waals surface area (Å²) in [6.07, 6.45) is -10.8. The number of hydrogen-bond acceptors (Lipinski definition) is 14. The standard InChI is InChI=1S/C52H53NO14/c1-29-35(64-48(61)40(56)39(31-18-10-6-11-19-31)53-45(58)32-20-12-7-13-21-32)27-52(62)44(66-47(60)34-24-16-9-17-25-34)42-50(5,36(55)26-37-51(42,28-63-37)67-30(2)54)43(57)41(38(29)49(52,3)4)65-46(59)33-22-14-8-15-23-33/h6-25,35-37,39-42,44,55-56,62H,26-28H2,1-5H3,(H,53,58)/t35-,36-,37+,39-,40+,41+,42?,44?,50+,51-,52+/m0/s1. The fourth-order valence-electron chi connectivity index (χ4n) is 10.8. The topological polar surface area (TPSA) is 221 Å². The third-order valence-corrected chi connectivity index (χ3v) is 14.4. The maximum absolute atomic E-state index is 15.9. The summed E-state index contributed by atoms with van der Waals surface area (Å²) in [5, 5.41) is 40.8.